The summed E-state index contributed by atoms with van der Waals surface area (Å²) in [6.45, 7) is 12.5. The van der Waals surface area contributed by atoms with Crippen molar-refractivity contribution in [1.29, 1.82) is 0 Å². The summed E-state index contributed by atoms with van der Waals surface area (Å²) in [5.74, 6) is -1.16. The molecule has 0 atom stereocenters. The summed E-state index contributed by atoms with van der Waals surface area (Å²) in [4.78, 5) is 35.8. The maximum atomic E-state index is 15.0. The van der Waals surface area contributed by atoms with E-state index in [4.69, 9.17) is 18.8 Å². The molecule has 7 nitrogen and oxygen atoms in total. The smallest absolute Gasteiger partial charge is 0.280 e. The van der Waals surface area contributed by atoms with Crippen LogP contribution in [0.2, 0.25) is 0 Å². The molecule has 1 aromatic heterocycles. The van der Waals surface area contributed by atoms with Gasteiger partial charge in [0.2, 0.25) is 0 Å². The molecule has 0 radical (unpaired) electrons. The molecule has 4 rings (SSSR count). The molecule has 10 heteroatoms. The van der Waals surface area contributed by atoms with Gasteiger partial charge < -0.3 is 10.2 Å². The average Bonchev–Trinajstić information content (AvgIpc) is 3.39. The molecule has 2 aromatic carbocycles. The number of halogens is 1. The number of thiocarbonyl (C=S) groups is 1. The molecular weight excluding hydrogens is 473 g/mol. The zero-order valence-corrected chi connectivity index (χ0v) is 20.3. The average molecular weight is 494 g/mol. The predicted molar refractivity (Wildman–Crippen MR) is 134 cm³/mol. The third-order valence-corrected chi connectivity index (χ3v) is 6.72. The van der Waals surface area contributed by atoms with Crippen molar-refractivity contribution in [2.75, 3.05) is 9.80 Å². The lowest BCUT2D eigenvalue weighted by Gasteiger charge is -2.29. The van der Waals surface area contributed by atoms with Crippen molar-refractivity contribution in [2.24, 2.45) is 0 Å². The summed E-state index contributed by atoms with van der Waals surface area (Å²) in [5, 5.41) is 4.87. The number of nitrogens with zero attached hydrogens (tertiary/aromatic N) is 4. The monoisotopic (exact) mass is 493 g/mol. The van der Waals surface area contributed by atoms with Gasteiger partial charge in [-0.15, -0.1) is 11.3 Å². The summed E-state index contributed by atoms with van der Waals surface area (Å²) < 4.78 is 15.0. The van der Waals surface area contributed by atoms with Crippen LogP contribution < -0.4 is 15.1 Å². The van der Waals surface area contributed by atoms with Crippen molar-refractivity contribution >= 4 is 57.5 Å². The normalized spacial score (nSPS) is 14.9. The zero-order valence-electron chi connectivity index (χ0n) is 18.6. The summed E-state index contributed by atoms with van der Waals surface area (Å²) in [6.07, 6.45) is 1.53. The topological polar surface area (TPSA) is 69.9 Å². The zero-order chi connectivity index (χ0) is 24.6. The van der Waals surface area contributed by atoms with Crippen LogP contribution >= 0.6 is 23.6 Å². The van der Waals surface area contributed by atoms with Gasteiger partial charge in [0.25, 0.3) is 11.8 Å². The van der Waals surface area contributed by atoms with E-state index in [-0.39, 0.29) is 23.5 Å². The molecule has 0 saturated carbocycles. The number of hydrogen-bond donors (Lipinski definition) is 1. The summed E-state index contributed by atoms with van der Waals surface area (Å²) in [7, 11) is 0. The second-order valence-electron chi connectivity index (χ2n) is 8.20. The van der Waals surface area contributed by atoms with Crippen molar-refractivity contribution in [3.8, 4) is 0 Å². The van der Waals surface area contributed by atoms with Gasteiger partial charge in [0.05, 0.1) is 6.57 Å². The van der Waals surface area contributed by atoms with Gasteiger partial charge in [0.1, 0.15) is 11.4 Å². The Bertz CT molecular complexity index is 1350. The van der Waals surface area contributed by atoms with Gasteiger partial charge in [-0.2, -0.15) is 0 Å². The van der Waals surface area contributed by atoms with E-state index in [0.717, 1.165) is 5.56 Å². The van der Waals surface area contributed by atoms with E-state index in [1.54, 1.807) is 61.4 Å². The van der Waals surface area contributed by atoms with Crippen LogP contribution in [0.5, 0.6) is 0 Å². The third-order valence-electron chi connectivity index (χ3n) is 5.59. The fourth-order valence-electron chi connectivity index (χ4n) is 3.77. The van der Waals surface area contributed by atoms with Crippen molar-refractivity contribution in [1.82, 2.24) is 10.3 Å². The third kappa shape index (κ3) is 4.04. The molecule has 3 aromatic rings. The van der Waals surface area contributed by atoms with Gasteiger partial charge in [0.15, 0.2) is 15.8 Å². The fourth-order valence-corrected chi connectivity index (χ4v) is 4.84. The first-order valence-corrected chi connectivity index (χ1v) is 11.6. The molecule has 0 unspecified atom stereocenters. The van der Waals surface area contributed by atoms with E-state index < -0.39 is 11.4 Å². The minimum absolute atomic E-state index is 0.00387. The van der Waals surface area contributed by atoms with E-state index in [1.807, 2.05) is 0 Å². The summed E-state index contributed by atoms with van der Waals surface area (Å²) in [6, 6.07) is 9.62. The molecule has 1 saturated heterocycles. The van der Waals surface area contributed by atoms with E-state index >= 15 is 0 Å². The van der Waals surface area contributed by atoms with Crippen molar-refractivity contribution in [3.63, 3.8) is 0 Å². The maximum Gasteiger partial charge on any atom is 0.280 e. The molecule has 0 bridgehead atoms. The number of carbonyl (C=O) groups is 2. The molecule has 172 valence electrons. The van der Waals surface area contributed by atoms with Crippen molar-refractivity contribution in [3.05, 3.63) is 81.3 Å². The molecule has 1 fully saturated rings. The second-order valence-corrected chi connectivity index (χ2v) is 9.46. The lowest BCUT2D eigenvalue weighted by molar-refractivity contribution is -0.120. The highest BCUT2D eigenvalue weighted by Crippen LogP contribution is 2.38. The van der Waals surface area contributed by atoms with Gasteiger partial charge in [-0.05, 0) is 62.8 Å². The number of rotatable bonds is 5. The minimum Gasteiger partial charge on any atom is -0.346 e. The number of hydrogen-bond acceptors (Lipinski definition) is 5. The fraction of sp³-hybridized carbons (Fsp3) is 0.208. The Morgan fingerprint density at radius 1 is 1.26 bits per heavy atom. The van der Waals surface area contributed by atoms with Crippen LogP contribution in [-0.2, 0) is 11.3 Å². The van der Waals surface area contributed by atoms with E-state index in [9.17, 15) is 14.0 Å². The maximum absolute atomic E-state index is 15.0. The van der Waals surface area contributed by atoms with Crippen LogP contribution in [0.1, 0.15) is 34.8 Å². The first kappa shape index (κ1) is 23.5. The Morgan fingerprint density at radius 3 is 2.62 bits per heavy atom. The SMILES string of the molecule is [C-]#[N+]c1ccc(N2C(=O)C(C)(C)N(c3ccc(CNC(=O)c4nccs4)c(F)c3)C2=S)cc1C. The van der Waals surface area contributed by atoms with Crippen molar-refractivity contribution in [2.45, 2.75) is 32.9 Å². The highest BCUT2D eigenvalue weighted by Gasteiger charge is 2.50. The molecule has 2 heterocycles. The molecule has 1 N–H and O–H groups in total. The molecule has 1 aliphatic rings. The Balaban J connectivity index is 1.59. The van der Waals surface area contributed by atoms with Gasteiger partial charge >= 0.3 is 0 Å². The lowest BCUT2D eigenvalue weighted by atomic mass is 10.0. The van der Waals surface area contributed by atoms with Crippen LogP contribution in [-0.4, -0.2) is 27.4 Å². The Kier molecular flexibility index (Phi) is 6.17. The largest absolute Gasteiger partial charge is 0.346 e. The van der Waals surface area contributed by atoms with E-state index in [2.05, 4.69) is 15.1 Å². The minimum atomic E-state index is -1.06. The molecule has 0 spiro atoms. The lowest BCUT2D eigenvalue weighted by Crippen LogP contribution is -2.44. The number of anilines is 2. The number of benzene rings is 2. The highest BCUT2D eigenvalue weighted by atomic mass is 32.1. The van der Waals surface area contributed by atoms with Gasteiger partial charge in [0, 0.05) is 35.1 Å². The number of nitrogens with one attached hydrogen (secondary N) is 1. The van der Waals surface area contributed by atoms with Crippen LogP contribution in [0.15, 0.2) is 48.0 Å². The number of aromatic nitrogens is 1. The number of thiazole rings is 1. The Labute approximate surface area is 205 Å². The van der Waals surface area contributed by atoms with Crippen LogP contribution in [0.3, 0.4) is 0 Å². The Hall–Kier alpha value is -3.68. The standard InChI is InChI=1S/C24H20FN5O2S2/c1-14-11-16(7-8-19(14)26-4)29-22(32)24(2,3)30(23(29)33)17-6-5-15(18(25)12-17)13-28-20(31)21-27-9-10-34-21/h5-12H,13H2,1-3H3,(H,28,31). The number of amides is 2. The number of aryl methyl sites for hydroxylation is 1. The summed E-state index contributed by atoms with van der Waals surface area (Å²) in [5.41, 5.74) is 1.44. The molecular formula is C24H20FN5O2S2. The van der Waals surface area contributed by atoms with Crippen molar-refractivity contribution < 1.29 is 14.0 Å². The molecule has 34 heavy (non-hydrogen) atoms. The first-order valence-electron chi connectivity index (χ1n) is 10.3. The molecule has 2 amide bonds. The second kappa shape index (κ2) is 8.93. The molecule has 0 aliphatic carbocycles. The van der Waals surface area contributed by atoms with E-state index in [0.29, 0.717) is 27.6 Å². The van der Waals surface area contributed by atoms with E-state index in [1.165, 1.54) is 28.5 Å². The van der Waals surface area contributed by atoms with Crippen LogP contribution in [0.25, 0.3) is 4.85 Å². The highest BCUT2D eigenvalue weighted by molar-refractivity contribution is 7.81. The van der Waals surface area contributed by atoms with Crippen LogP contribution in [0, 0.1) is 19.3 Å². The van der Waals surface area contributed by atoms with Crippen LogP contribution in [0.4, 0.5) is 21.5 Å². The number of carbonyl (C=O) groups excluding carboxylic acids is 2. The van der Waals surface area contributed by atoms with Gasteiger partial charge in [-0.1, -0.05) is 12.1 Å². The van der Waals surface area contributed by atoms with Gasteiger partial charge in [-0.3, -0.25) is 14.5 Å². The van der Waals surface area contributed by atoms with Gasteiger partial charge in [-0.25, -0.2) is 14.2 Å². The summed E-state index contributed by atoms with van der Waals surface area (Å²) >= 11 is 6.85. The Morgan fingerprint density at radius 2 is 2.00 bits per heavy atom. The predicted octanol–water partition coefficient (Wildman–Crippen LogP) is 4.99. The first-order chi connectivity index (χ1) is 16.1. The molecule has 1 aliphatic heterocycles. The quantitative estimate of drug-likeness (QED) is 0.401.